The van der Waals surface area contributed by atoms with Crippen molar-refractivity contribution in [2.75, 3.05) is 0 Å². The molecule has 0 bridgehead atoms. The summed E-state index contributed by atoms with van der Waals surface area (Å²) in [5.74, 6) is -0.741. The molecule has 0 aromatic carbocycles. The van der Waals surface area contributed by atoms with Crippen LogP contribution < -0.4 is 5.32 Å². The zero-order valence-electron chi connectivity index (χ0n) is 10.9. The molecule has 0 aliphatic heterocycles. The summed E-state index contributed by atoms with van der Waals surface area (Å²) >= 11 is 7.95. The molecule has 1 heterocycles. The third-order valence-corrected chi connectivity index (χ3v) is 7.01. The highest BCUT2D eigenvalue weighted by Crippen LogP contribution is 2.35. The summed E-state index contributed by atoms with van der Waals surface area (Å²) in [6, 6.07) is 1.70. The number of nitrogens with one attached hydrogen (secondary N) is 1. The van der Waals surface area contributed by atoms with Gasteiger partial charge >= 0.3 is 5.97 Å². The molecule has 0 saturated heterocycles. The van der Waals surface area contributed by atoms with E-state index in [0.29, 0.717) is 23.6 Å². The van der Waals surface area contributed by atoms with Crippen molar-refractivity contribution in [3.05, 3.63) is 19.2 Å². The Kier molecular flexibility index (Phi) is 4.92. The molecular weight excluding hydrogens is 410 g/mol. The van der Waals surface area contributed by atoms with E-state index in [9.17, 15) is 14.7 Å². The molecule has 1 aromatic rings. The largest absolute Gasteiger partial charge is 0.480 e. The van der Waals surface area contributed by atoms with E-state index >= 15 is 0 Å². The summed E-state index contributed by atoms with van der Waals surface area (Å²) < 4.78 is 1.62. The van der Waals surface area contributed by atoms with Crippen molar-refractivity contribution >= 4 is 55.1 Å². The maximum absolute atomic E-state index is 12.3. The number of carbonyl (C=O) groups excluding carboxylic acids is 1. The fraction of sp³-hybridized carbons (Fsp3) is 0.538. The zero-order valence-corrected chi connectivity index (χ0v) is 14.9. The monoisotopic (exact) mass is 423 g/mol. The summed E-state index contributed by atoms with van der Waals surface area (Å²) in [5.41, 5.74) is -1.12. The number of thiophene rings is 1. The lowest BCUT2D eigenvalue weighted by molar-refractivity contribution is -0.146. The molecule has 1 aliphatic rings. The van der Waals surface area contributed by atoms with Crippen LogP contribution in [-0.4, -0.2) is 22.5 Å². The summed E-state index contributed by atoms with van der Waals surface area (Å²) in [4.78, 5) is 24.4. The van der Waals surface area contributed by atoms with Gasteiger partial charge in [0.2, 0.25) is 0 Å². The number of carboxylic acids is 1. The van der Waals surface area contributed by atoms with Crippen molar-refractivity contribution in [2.45, 2.75) is 38.1 Å². The molecule has 2 rings (SSSR count). The van der Waals surface area contributed by atoms with Gasteiger partial charge in [-0.3, -0.25) is 4.79 Å². The lowest BCUT2D eigenvalue weighted by Crippen LogP contribution is -2.56. The van der Waals surface area contributed by atoms with Crippen LogP contribution in [0.4, 0.5) is 0 Å². The average Bonchev–Trinajstić information content (AvgIpc) is 2.72. The Balaban J connectivity index is 2.16. The van der Waals surface area contributed by atoms with E-state index in [-0.39, 0.29) is 5.91 Å². The quantitative estimate of drug-likeness (QED) is 0.769. The number of hydrogen-bond donors (Lipinski definition) is 2. The number of aliphatic carboxylic acids is 1. The minimum atomic E-state index is -1.12. The van der Waals surface area contributed by atoms with Gasteiger partial charge in [-0.1, -0.05) is 6.92 Å². The van der Waals surface area contributed by atoms with E-state index in [0.717, 1.165) is 21.1 Å². The fourth-order valence-corrected chi connectivity index (χ4v) is 4.32. The molecule has 1 aromatic heterocycles. The maximum atomic E-state index is 12.3. The van der Waals surface area contributed by atoms with Crippen LogP contribution in [0.5, 0.6) is 0 Å². The summed E-state index contributed by atoms with van der Waals surface area (Å²) in [6.07, 6.45) is 2.63. The Morgan fingerprint density at radius 2 is 2.00 bits per heavy atom. The molecule has 7 heteroatoms. The number of carbonyl (C=O) groups is 2. The molecule has 1 saturated carbocycles. The van der Waals surface area contributed by atoms with Crippen LogP contribution in [0, 0.1) is 5.92 Å². The first-order chi connectivity index (χ1) is 9.34. The number of amides is 1. The van der Waals surface area contributed by atoms with Gasteiger partial charge in [-0.05, 0) is 69.5 Å². The maximum Gasteiger partial charge on any atom is 0.329 e. The van der Waals surface area contributed by atoms with Crippen molar-refractivity contribution < 1.29 is 14.7 Å². The second kappa shape index (κ2) is 6.15. The normalized spacial score (nSPS) is 26.2. The lowest BCUT2D eigenvalue weighted by atomic mass is 9.77. The summed E-state index contributed by atoms with van der Waals surface area (Å²) in [5, 5.41) is 12.2. The van der Waals surface area contributed by atoms with Gasteiger partial charge in [0.05, 0.1) is 8.66 Å². The van der Waals surface area contributed by atoms with Crippen molar-refractivity contribution in [1.82, 2.24) is 5.32 Å². The van der Waals surface area contributed by atoms with Crippen LogP contribution in [0.15, 0.2) is 14.3 Å². The SMILES string of the molecule is CC1CCC(NC(=O)c2cc(Br)c(Br)s2)(C(=O)O)CC1. The number of hydrogen-bond acceptors (Lipinski definition) is 3. The van der Waals surface area contributed by atoms with Gasteiger partial charge in [-0.15, -0.1) is 11.3 Å². The molecule has 0 radical (unpaired) electrons. The van der Waals surface area contributed by atoms with Crippen molar-refractivity contribution in [2.24, 2.45) is 5.92 Å². The van der Waals surface area contributed by atoms with Gasteiger partial charge in [-0.25, -0.2) is 4.79 Å². The van der Waals surface area contributed by atoms with Crippen molar-refractivity contribution in [3.63, 3.8) is 0 Å². The predicted octanol–water partition coefficient (Wildman–Crippen LogP) is 4.04. The standard InChI is InChI=1S/C13H15Br2NO3S/c1-7-2-4-13(5-3-7,12(18)19)16-11(17)9-6-8(14)10(15)20-9/h6-7H,2-5H2,1H3,(H,16,17)(H,18,19). The first-order valence-corrected chi connectivity index (χ1v) is 8.75. The van der Waals surface area contributed by atoms with E-state index in [2.05, 4.69) is 44.1 Å². The number of carboxylic acid groups (broad SMARTS) is 1. The van der Waals surface area contributed by atoms with E-state index in [1.165, 1.54) is 11.3 Å². The van der Waals surface area contributed by atoms with Crippen molar-refractivity contribution in [3.8, 4) is 0 Å². The molecule has 0 spiro atoms. The fourth-order valence-electron chi connectivity index (χ4n) is 2.38. The van der Waals surface area contributed by atoms with Crippen LogP contribution in [0.25, 0.3) is 0 Å². The van der Waals surface area contributed by atoms with E-state index < -0.39 is 11.5 Å². The summed E-state index contributed by atoms with van der Waals surface area (Å²) in [6.45, 7) is 2.11. The molecule has 1 amide bonds. The predicted molar refractivity (Wildman–Crippen MR) is 85.2 cm³/mol. The lowest BCUT2D eigenvalue weighted by Gasteiger charge is -2.36. The first-order valence-electron chi connectivity index (χ1n) is 6.35. The summed E-state index contributed by atoms with van der Waals surface area (Å²) in [7, 11) is 0. The number of halogens is 2. The number of rotatable bonds is 3. The second-order valence-electron chi connectivity index (χ2n) is 5.26. The Morgan fingerprint density at radius 1 is 1.40 bits per heavy atom. The molecule has 0 atom stereocenters. The minimum absolute atomic E-state index is 0.321. The highest BCUT2D eigenvalue weighted by Gasteiger charge is 2.42. The molecule has 20 heavy (non-hydrogen) atoms. The van der Waals surface area contributed by atoms with E-state index in [4.69, 9.17) is 0 Å². The Labute approximate surface area is 138 Å². The Bertz CT molecular complexity index is 516. The second-order valence-corrected chi connectivity index (χ2v) is 8.48. The smallest absolute Gasteiger partial charge is 0.329 e. The van der Waals surface area contributed by atoms with E-state index in [1.807, 2.05) is 0 Å². The van der Waals surface area contributed by atoms with Crippen LogP contribution in [0.1, 0.15) is 42.3 Å². The molecule has 0 unspecified atom stereocenters. The van der Waals surface area contributed by atoms with E-state index in [1.54, 1.807) is 6.07 Å². The van der Waals surface area contributed by atoms with Gasteiger partial charge in [-0.2, -0.15) is 0 Å². The Morgan fingerprint density at radius 3 is 2.45 bits per heavy atom. The molecular formula is C13H15Br2NO3S. The van der Waals surface area contributed by atoms with Gasteiger partial charge in [0, 0.05) is 4.47 Å². The van der Waals surface area contributed by atoms with Gasteiger partial charge in [0.15, 0.2) is 0 Å². The van der Waals surface area contributed by atoms with Crippen LogP contribution in [0.2, 0.25) is 0 Å². The molecule has 4 nitrogen and oxygen atoms in total. The molecule has 2 N–H and O–H groups in total. The van der Waals surface area contributed by atoms with Gasteiger partial charge in [0.1, 0.15) is 5.54 Å². The average molecular weight is 425 g/mol. The third-order valence-electron chi connectivity index (χ3n) is 3.76. The van der Waals surface area contributed by atoms with Gasteiger partial charge < -0.3 is 10.4 Å². The molecule has 110 valence electrons. The first kappa shape index (κ1) is 16.0. The van der Waals surface area contributed by atoms with Crippen LogP contribution >= 0.6 is 43.2 Å². The zero-order chi connectivity index (χ0) is 14.9. The van der Waals surface area contributed by atoms with Crippen molar-refractivity contribution in [1.29, 1.82) is 0 Å². The third kappa shape index (κ3) is 3.26. The minimum Gasteiger partial charge on any atom is -0.480 e. The highest BCUT2D eigenvalue weighted by atomic mass is 79.9. The van der Waals surface area contributed by atoms with Crippen LogP contribution in [-0.2, 0) is 4.79 Å². The highest BCUT2D eigenvalue weighted by molar-refractivity contribution is 9.13. The Hall–Kier alpha value is -0.400. The van der Waals surface area contributed by atoms with Crippen LogP contribution in [0.3, 0.4) is 0 Å². The topological polar surface area (TPSA) is 66.4 Å². The molecule has 1 fully saturated rings. The molecule has 1 aliphatic carbocycles. The van der Waals surface area contributed by atoms with Gasteiger partial charge in [0.25, 0.3) is 5.91 Å².